The molecule has 2 heterocycles. The van der Waals surface area contributed by atoms with E-state index in [1.54, 1.807) is 49.1 Å². The summed E-state index contributed by atoms with van der Waals surface area (Å²) in [5.41, 5.74) is 7.47. The lowest BCUT2D eigenvalue weighted by Crippen LogP contribution is -2.40. The number of ketones is 1. The van der Waals surface area contributed by atoms with Crippen molar-refractivity contribution in [2.45, 2.75) is 57.1 Å². The summed E-state index contributed by atoms with van der Waals surface area (Å²) >= 11 is 0. The lowest BCUT2D eigenvalue weighted by Gasteiger charge is -2.35. The first-order valence-electron chi connectivity index (χ1n) is 10.7. The normalized spacial score (nSPS) is 19.7. The Hall–Kier alpha value is -3.19. The number of ether oxygens (including phenoxy) is 2. The first kappa shape index (κ1) is 21.1. The number of carbonyl (C=O) groups excluding carboxylic acids is 2. The lowest BCUT2D eigenvalue weighted by molar-refractivity contribution is -0.145. The second kappa shape index (κ2) is 9.75. The van der Waals surface area contributed by atoms with E-state index in [0.717, 1.165) is 31.2 Å². The van der Waals surface area contributed by atoms with Gasteiger partial charge < -0.3 is 20.1 Å². The van der Waals surface area contributed by atoms with Crippen molar-refractivity contribution in [2.75, 3.05) is 0 Å². The molecular formula is C24H27N3O4. The van der Waals surface area contributed by atoms with Crippen LogP contribution in [0.2, 0.25) is 0 Å². The van der Waals surface area contributed by atoms with Gasteiger partial charge in [0.05, 0.1) is 12.5 Å². The van der Waals surface area contributed by atoms with Gasteiger partial charge in [-0.25, -0.2) is 0 Å². The summed E-state index contributed by atoms with van der Waals surface area (Å²) in [7, 11) is 0. The van der Waals surface area contributed by atoms with Crippen LogP contribution in [0.4, 0.5) is 0 Å². The van der Waals surface area contributed by atoms with Crippen molar-refractivity contribution in [1.29, 1.82) is 0 Å². The summed E-state index contributed by atoms with van der Waals surface area (Å²) in [5.74, 6) is -0.508. The molecule has 0 saturated heterocycles. The van der Waals surface area contributed by atoms with Crippen molar-refractivity contribution in [3.63, 3.8) is 0 Å². The van der Waals surface area contributed by atoms with E-state index in [1.165, 1.54) is 6.42 Å². The van der Waals surface area contributed by atoms with Crippen LogP contribution < -0.4 is 5.73 Å². The van der Waals surface area contributed by atoms with Gasteiger partial charge in [-0.05, 0) is 25.0 Å². The highest BCUT2D eigenvalue weighted by atomic mass is 16.5. The lowest BCUT2D eigenvalue weighted by atomic mass is 9.97. The molecule has 31 heavy (non-hydrogen) atoms. The average Bonchev–Trinajstić information content (AvgIpc) is 3.29. The molecule has 1 aliphatic carbocycles. The second-order valence-corrected chi connectivity index (χ2v) is 7.93. The molecule has 0 bridgehead atoms. The molecule has 2 aromatic rings. The topological polar surface area (TPSA) is 94.8 Å². The Bertz CT molecular complexity index is 924. The molecule has 4 rings (SSSR count). The predicted molar refractivity (Wildman–Crippen MR) is 114 cm³/mol. The van der Waals surface area contributed by atoms with Crippen LogP contribution in [0.5, 0.6) is 0 Å². The van der Waals surface area contributed by atoms with E-state index in [0.29, 0.717) is 11.1 Å². The maximum absolute atomic E-state index is 12.6. The molecule has 1 aromatic carbocycles. The summed E-state index contributed by atoms with van der Waals surface area (Å²) < 4.78 is 12.1. The van der Waals surface area contributed by atoms with Gasteiger partial charge in [-0.2, -0.15) is 0 Å². The number of rotatable bonds is 8. The highest BCUT2D eigenvalue weighted by molar-refractivity contribution is 6.08. The number of primary amides is 1. The van der Waals surface area contributed by atoms with Gasteiger partial charge in [-0.3, -0.25) is 14.6 Å². The van der Waals surface area contributed by atoms with Crippen LogP contribution in [0, 0.1) is 0 Å². The van der Waals surface area contributed by atoms with Gasteiger partial charge in [0.1, 0.15) is 12.5 Å². The van der Waals surface area contributed by atoms with Crippen molar-refractivity contribution in [3.05, 3.63) is 77.9 Å². The number of nitrogens with two attached hydrogens (primary N) is 1. The Morgan fingerprint density at radius 3 is 2.58 bits per heavy atom. The van der Waals surface area contributed by atoms with Gasteiger partial charge in [-0.15, -0.1) is 0 Å². The maximum Gasteiger partial charge on any atom is 0.221 e. The first-order chi connectivity index (χ1) is 15.1. The first-order valence-corrected chi connectivity index (χ1v) is 10.7. The van der Waals surface area contributed by atoms with E-state index in [2.05, 4.69) is 4.98 Å². The summed E-state index contributed by atoms with van der Waals surface area (Å²) in [6, 6.07) is 10.7. The third-order valence-electron chi connectivity index (χ3n) is 5.70. The molecule has 1 saturated carbocycles. The molecule has 0 radical (unpaired) electrons. The number of amides is 1. The van der Waals surface area contributed by atoms with Crippen LogP contribution in [0.3, 0.4) is 0 Å². The number of pyridine rings is 1. The van der Waals surface area contributed by atoms with Gasteiger partial charge in [0.15, 0.2) is 12.0 Å². The number of aromatic nitrogens is 1. The summed E-state index contributed by atoms with van der Waals surface area (Å²) in [6.07, 6.45) is 11.3. The van der Waals surface area contributed by atoms with Crippen LogP contribution >= 0.6 is 0 Å². The Balaban J connectivity index is 1.49. The quantitative estimate of drug-likeness (QED) is 0.654. The maximum atomic E-state index is 12.6. The van der Waals surface area contributed by atoms with Crippen molar-refractivity contribution >= 4 is 11.7 Å². The summed E-state index contributed by atoms with van der Waals surface area (Å²) in [6.45, 7) is 0. The molecule has 162 valence electrons. The molecular weight excluding hydrogens is 394 g/mol. The van der Waals surface area contributed by atoms with Gasteiger partial charge in [0.25, 0.3) is 0 Å². The molecule has 2 aliphatic rings. The molecule has 7 heteroatoms. The Morgan fingerprint density at radius 1 is 1.13 bits per heavy atom. The second-order valence-electron chi connectivity index (χ2n) is 7.93. The van der Waals surface area contributed by atoms with Crippen LogP contribution in [0.15, 0.2) is 61.3 Å². The molecule has 1 amide bonds. The molecule has 2 N–H and O–H groups in total. The molecule has 1 aliphatic heterocycles. The fourth-order valence-electron chi connectivity index (χ4n) is 4.11. The van der Waals surface area contributed by atoms with Gasteiger partial charge in [-0.1, -0.05) is 43.5 Å². The summed E-state index contributed by atoms with van der Waals surface area (Å²) in [5, 5.41) is 0. The van der Waals surface area contributed by atoms with E-state index in [-0.39, 0.29) is 18.3 Å². The minimum absolute atomic E-state index is 0.0816. The van der Waals surface area contributed by atoms with E-state index in [4.69, 9.17) is 15.2 Å². The fourth-order valence-corrected chi connectivity index (χ4v) is 4.11. The molecule has 1 fully saturated rings. The van der Waals surface area contributed by atoms with Crippen molar-refractivity contribution < 1.29 is 19.1 Å². The standard InChI is InChI=1S/C24H27N3O4/c25-21(28)15-22(31-20-6-2-1-3-7-20)27-13-14-30-24(27)18-10-8-17(9-11-18)23(29)19-5-4-12-26-16-19/h4-5,8-14,16,20,22,24H,1-3,6-7,15H2,(H2,25,28). The van der Waals surface area contributed by atoms with E-state index in [1.807, 2.05) is 17.0 Å². The SMILES string of the molecule is NC(=O)CC(OC1CCCCC1)N1C=COC1c1ccc(C(=O)c2cccnc2)cc1. The number of hydrogen-bond donors (Lipinski definition) is 1. The average molecular weight is 421 g/mol. The summed E-state index contributed by atoms with van der Waals surface area (Å²) in [4.78, 5) is 30.2. The van der Waals surface area contributed by atoms with Crippen LogP contribution in [0.1, 0.15) is 66.2 Å². The zero-order valence-electron chi connectivity index (χ0n) is 17.4. The van der Waals surface area contributed by atoms with Gasteiger partial charge >= 0.3 is 0 Å². The molecule has 1 aromatic heterocycles. The van der Waals surface area contributed by atoms with Crippen LogP contribution in [0.25, 0.3) is 0 Å². The van der Waals surface area contributed by atoms with Crippen LogP contribution in [-0.2, 0) is 14.3 Å². The minimum atomic E-state index is -0.499. The highest BCUT2D eigenvalue weighted by Crippen LogP contribution is 2.33. The predicted octanol–water partition coefficient (Wildman–Crippen LogP) is 3.67. The number of hydrogen-bond acceptors (Lipinski definition) is 6. The molecule has 2 atom stereocenters. The zero-order valence-corrected chi connectivity index (χ0v) is 17.4. The minimum Gasteiger partial charge on any atom is -0.472 e. The fraction of sp³-hybridized carbons (Fsp3) is 0.375. The Kier molecular flexibility index (Phi) is 6.62. The zero-order chi connectivity index (χ0) is 21.6. The van der Waals surface area contributed by atoms with E-state index in [9.17, 15) is 9.59 Å². The van der Waals surface area contributed by atoms with Crippen molar-refractivity contribution in [2.24, 2.45) is 5.73 Å². The Labute approximate surface area is 181 Å². The smallest absolute Gasteiger partial charge is 0.221 e. The molecule has 2 unspecified atom stereocenters. The number of nitrogens with zero attached hydrogens (tertiary/aromatic N) is 2. The van der Waals surface area contributed by atoms with Gasteiger partial charge in [0, 0.05) is 35.3 Å². The van der Waals surface area contributed by atoms with Gasteiger partial charge in [0.2, 0.25) is 5.91 Å². The number of benzene rings is 1. The highest BCUT2D eigenvalue weighted by Gasteiger charge is 2.33. The van der Waals surface area contributed by atoms with E-state index >= 15 is 0 Å². The largest absolute Gasteiger partial charge is 0.472 e. The number of carbonyl (C=O) groups is 2. The van der Waals surface area contributed by atoms with Crippen molar-refractivity contribution in [1.82, 2.24) is 9.88 Å². The van der Waals surface area contributed by atoms with Crippen LogP contribution in [-0.4, -0.2) is 33.9 Å². The third-order valence-corrected chi connectivity index (χ3v) is 5.70. The Morgan fingerprint density at radius 2 is 1.90 bits per heavy atom. The monoisotopic (exact) mass is 421 g/mol. The van der Waals surface area contributed by atoms with Crippen molar-refractivity contribution in [3.8, 4) is 0 Å². The molecule has 0 spiro atoms. The molecule has 7 nitrogen and oxygen atoms in total. The van der Waals surface area contributed by atoms with E-state index < -0.39 is 18.4 Å². The third kappa shape index (κ3) is 5.11.